The van der Waals surface area contributed by atoms with Gasteiger partial charge in [0.25, 0.3) is 0 Å². The van der Waals surface area contributed by atoms with Crippen molar-refractivity contribution in [2.45, 2.75) is 70.2 Å². The molecule has 5 N–H and O–H groups in total. The van der Waals surface area contributed by atoms with E-state index < -0.39 is 28.6 Å². The summed E-state index contributed by atoms with van der Waals surface area (Å²) in [4.78, 5) is 0. The van der Waals surface area contributed by atoms with Gasteiger partial charge in [0.05, 0.1) is 31.0 Å². The molecule has 4 aliphatic carbocycles. The summed E-state index contributed by atoms with van der Waals surface area (Å²) in [6, 6.07) is 0. The van der Waals surface area contributed by atoms with Crippen LogP contribution < -0.4 is 0 Å². The van der Waals surface area contributed by atoms with Crippen LogP contribution in [0.2, 0.25) is 0 Å². The molecule has 0 saturated heterocycles. The van der Waals surface area contributed by atoms with Crippen molar-refractivity contribution < 1.29 is 25.5 Å². The lowest BCUT2D eigenvalue weighted by molar-refractivity contribution is -0.226. The van der Waals surface area contributed by atoms with Crippen LogP contribution in [0.15, 0.2) is 11.6 Å². The number of hydrogen-bond acceptors (Lipinski definition) is 5. The topological polar surface area (TPSA) is 101 Å². The molecule has 3 fully saturated rings. The Balaban J connectivity index is 1.82. The minimum Gasteiger partial charge on any atom is -0.396 e. The minimum absolute atomic E-state index is 0.0519. The van der Waals surface area contributed by atoms with Gasteiger partial charge in [0.15, 0.2) is 0 Å². The van der Waals surface area contributed by atoms with Gasteiger partial charge in [0.2, 0.25) is 0 Å². The lowest BCUT2D eigenvalue weighted by atomic mass is 9.39. The maximum atomic E-state index is 11.2. The van der Waals surface area contributed by atoms with Gasteiger partial charge in [0.1, 0.15) is 0 Å². The normalized spacial score (nSPS) is 57.6. The molecule has 8 atom stereocenters. The SMILES string of the molecule is C[C@@]1(CO)[C@H](O)CC[C@@]2(C)[C@H]1CCC1=C[C@@H]3C[C@@]12[C@@H](O)C[C@]3(O)CO. The third-order valence-electron chi connectivity index (χ3n) is 8.92. The van der Waals surface area contributed by atoms with E-state index in [4.69, 9.17) is 0 Å². The van der Waals surface area contributed by atoms with E-state index in [2.05, 4.69) is 13.0 Å². The molecule has 5 nitrogen and oxygen atoms in total. The largest absolute Gasteiger partial charge is 0.396 e. The van der Waals surface area contributed by atoms with E-state index in [-0.39, 0.29) is 36.9 Å². The number of rotatable bonds is 2. The van der Waals surface area contributed by atoms with Crippen LogP contribution in [-0.4, -0.2) is 56.6 Å². The molecule has 0 unspecified atom stereocenters. The fraction of sp³-hybridized carbons (Fsp3) is 0.900. The molecule has 0 amide bonds. The first kappa shape index (κ1) is 17.9. The molecule has 2 bridgehead atoms. The smallest absolute Gasteiger partial charge is 0.0964 e. The zero-order valence-electron chi connectivity index (χ0n) is 15.3. The predicted octanol–water partition coefficient (Wildman–Crippen LogP) is 0.977. The Morgan fingerprint density at radius 3 is 2.40 bits per heavy atom. The van der Waals surface area contributed by atoms with Crippen LogP contribution in [0.5, 0.6) is 0 Å². The molecule has 1 spiro atoms. The Labute approximate surface area is 149 Å². The monoisotopic (exact) mass is 352 g/mol. The Kier molecular flexibility index (Phi) is 3.80. The first-order valence-corrected chi connectivity index (χ1v) is 9.69. The second-order valence-electron chi connectivity index (χ2n) is 9.68. The molecule has 0 radical (unpaired) electrons. The summed E-state index contributed by atoms with van der Waals surface area (Å²) >= 11 is 0. The van der Waals surface area contributed by atoms with Gasteiger partial charge in [-0.05, 0) is 43.4 Å². The van der Waals surface area contributed by atoms with E-state index in [1.54, 1.807) is 0 Å². The van der Waals surface area contributed by atoms with Crippen molar-refractivity contribution in [2.75, 3.05) is 13.2 Å². The molecular formula is C20H32O5. The summed E-state index contributed by atoms with van der Waals surface area (Å²) in [5.41, 5.74) is -1.20. The highest BCUT2D eigenvalue weighted by atomic mass is 16.3. The van der Waals surface area contributed by atoms with Crippen molar-refractivity contribution in [2.24, 2.45) is 28.1 Å². The standard InChI is InChI=1S/C20H32O5/c1-17(10-21)14-4-3-12-7-13-8-20(12,16(24)9-19(13,25)11-22)18(14,2)6-5-15(17)23/h7,13-16,21-25H,3-6,8-11H2,1-2H3/t13-,14+,15-,16+,17+,18+,19+,20+/m1/s1. The van der Waals surface area contributed by atoms with Crippen LogP contribution in [0.25, 0.3) is 0 Å². The zero-order chi connectivity index (χ0) is 18.3. The van der Waals surface area contributed by atoms with Crippen molar-refractivity contribution in [3.8, 4) is 0 Å². The number of aliphatic hydroxyl groups is 5. The summed E-state index contributed by atoms with van der Waals surface area (Å²) in [5, 5.41) is 52.5. The van der Waals surface area contributed by atoms with E-state index in [9.17, 15) is 25.5 Å². The third kappa shape index (κ3) is 1.91. The maximum absolute atomic E-state index is 11.2. The van der Waals surface area contributed by atoms with E-state index in [0.717, 1.165) is 19.3 Å². The van der Waals surface area contributed by atoms with E-state index >= 15 is 0 Å². The van der Waals surface area contributed by atoms with Gasteiger partial charge in [-0.25, -0.2) is 0 Å². The Morgan fingerprint density at radius 1 is 1.04 bits per heavy atom. The van der Waals surface area contributed by atoms with Crippen LogP contribution in [0.1, 0.15) is 52.4 Å². The summed E-state index contributed by atoms with van der Waals surface area (Å²) in [6.45, 7) is 3.82. The van der Waals surface area contributed by atoms with Crippen LogP contribution in [0, 0.1) is 28.1 Å². The summed E-state index contributed by atoms with van der Waals surface area (Å²) in [6.07, 6.45) is 4.89. The average Bonchev–Trinajstić information content (AvgIpc) is 2.97. The van der Waals surface area contributed by atoms with Gasteiger partial charge in [-0.2, -0.15) is 0 Å². The molecule has 142 valence electrons. The van der Waals surface area contributed by atoms with Gasteiger partial charge in [-0.15, -0.1) is 0 Å². The molecular weight excluding hydrogens is 320 g/mol. The highest BCUT2D eigenvalue weighted by Crippen LogP contribution is 2.73. The molecule has 0 aromatic carbocycles. The summed E-state index contributed by atoms with van der Waals surface area (Å²) < 4.78 is 0. The van der Waals surface area contributed by atoms with Crippen LogP contribution >= 0.6 is 0 Å². The van der Waals surface area contributed by atoms with E-state index in [1.807, 2.05) is 6.92 Å². The predicted molar refractivity (Wildman–Crippen MR) is 92.5 cm³/mol. The molecule has 3 saturated carbocycles. The maximum Gasteiger partial charge on any atom is 0.0964 e. The van der Waals surface area contributed by atoms with Gasteiger partial charge >= 0.3 is 0 Å². The molecule has 4 rings (SSSR count). The molecule has 0 heterocycles. The van der Waals surface area contributed by atoms with Gasteiger partial charge in [0, 0.05) is 23.2 Å². The Hall–Kier alpha value is -0.460. The quantitative estimate of drug-likeness (QED) is 0.477. The van der Waals surface area contributed by atoms with Crippen LogP contribution in [-0.2, 0) is 0 Å². The van der Waals surface area contributed by atoms with Crippen molar-refractivity contribution in [3.05, 3.63) is 11.6 Å². The van der Waals surface area contributed by atoms with Crippen molar-refractivity contribution >= 4 is 0 Å². The van der Waals surface area contributed by atoms with Crippen LogP contribution in [0.4, 0.5) is 0 Å². The lowest BCUT2D eigenvalue weighted by Gasteiger charge is -2.66. The fourth-order valence-electron chi connectivity index (χ4n) is 7.35. The number of fused-ring (bicyclic) bond motifs is 2. The van der Waals surface area contributed by atoms with Gasteiger partial charge < -0.3 is 25.5 Å². The van der Waals surface area contributed by atoms with Crippen LogP contribution in [0.3, 0.4) is 0 Å². The highest BCUT2D eigenvalue weighted by Gasteiger charge is 2.70. The van der Waals surface area contributed by atoms with Crippen molar-refractivity contribution in [1.82, 2.24) is 0 Å². The summed E-state index contributed by atoms with van der Waals surface area (Å²) in [7, 11) is 0. The van der Waals surface area contributed by atoms with Gasteiger partial charge in [-0.1, -0.05) is 25.5 Å². The van der Waals surface area contributed by atoms with E-state index in [1.165, 1.54) is 5.57 Å². The average molecular weight is 352 g/mol. The molecule has 0 aromatic rings. The zero-order valence-corrected chi connectivity index (χ0v) is 15.3. The Bertz CT molecular complexity index is 605. The van der Waals surface area contributed by atoms with Crippen molar-refractivity contribution in [3.63, 3.8) is 0 Å². The molecule has 4 aliphatic rings. The molecule has 0 aliphatic heterocycles. The molecule has 5 heteroatoms. The van der Waals surface area contributed by atoms with Crippen molar-refractivity contribution in [1.29, 1.82) is 0 Å². The van der Waals surface area contributed by atoms with Gasteiger partial charge in [-0.3, -0.25) is 0 Å². The highest BCUT2D eigenvalue weighted by molar-refractivity contribution is 5.37. The number of hydrogen-bond donors (Lipinski definition) is 5. The molecule has 25 heavy (non-hydrogen) atoms. The second kappa shape index (κ2) is 5.29. The summed E-state index contributed by atoms with van der Waals surface area (Å²) in [5.74, 6) is -0.00155. The lowest BCUT2D eigenvalue weighted by Crippen LogP contribution is -2.66. The number of aliphatic hydroxyl groups excluding tert-OH is 4. The third-order valence-corrected chi connectivity index (χ3v) is 8.92. The Morgan fingerprint density at radius 2 is 1.76 bits per heavy atom. The fourth-order valence-corrected chi connectivity index (χ4v) is 7.35. The first-order valence-electron chi connectivity index (χ1n) is 9.69. The van der Waals surface area contributed by atoms with E-state index in [0.29, 0.717) is 12.8 Å². The minimum atomic E-state index is -1.24. The molecule has 0 aromatic heterocycles. The first-order chi connectivity index (χ1) is 11.7. The second-order valence-corrected chi connectivity index (χ2v) is 9.68.